The minimum atomic E-state index is 0.340. The fraction of sp³-hybridized carbons (Fsp3) is 0.429. The molecule has 0 aliphatic carbocycles. The quantitative estimate of drug-likeness (QED) is 0.938. The lowest BCUT2D eigenvalue weighted by Gasteiger charge is -2.32. The van der Waals surface area contributed by atoms with Crippen LogP contribution in [0.1, 0.15) is 28.3 Å². The summed E-state index contributed by atoms with van der Waals surface area (Å²) in [5, 5.41) is 3.68. The number of benzene rings is 2. The number of hydrogen-bond acceptors (Lipinski definition) is 3. The average molecular weight is 321 g/mol. The molecule has 0 bridgehead atoms. The van der Waals surface area contributed by atoms with Crippen LogP contribution in [0.5, 0.6) is 0 Å². The average Bonchev–Trinajstić information content (AvgIpc) is 2.64. The first-order chi connectivity index (χ1) is 11.8. The highest BCUT2D eigenvalue weighted by molar-refractivity contribution is 5.40. The molecule has 0 aromatic heterocycles. The Balaban J connectivity index is 1.47. The molecule has 126 valence electrons. The Hall–Kier alpha value is -1.68. The van der Waals surface area contributed by atoms with E-state index in [1.165, 1.54) is 48.4 Å². The Bertz CT molecular complexity index is 672. The second-order valence-electron chi connectivity index (χ2n) is 7.16. The number of likely N-dealkylation sites (N-methyl/N-ethyl adjacent to an activating group) is 1. The molecule has 0 saturated carbocycles. The summed E-state index contributed by atoms with van der Waals surface area (Å²) in [6.45, 7) is 6.85. The van der Waals surface area contributed by atoms with E-state index in [-0.39, 0.29) is 0 Å². The molecule has 2 aromatic carbocycles. The van der Waals surface area contributed by atoms with Crippen LogP contribution in [0, 0.1) is 0 Å². The van der Waals surface area contributed by atoms with Crippen LogP contribution < -0.4 is 5.32 Å². The third kappa shape index (κ3) is 3.39. The smallest absolute Gasteiger partial charge is 0.0579 e. The molecule has 1 unspecified atom stereocenters. The maximum Gasteiger partial charge on any atom is 0.0579 e. The van der Waals surface area contributed by atoms with Gasteiger partial charge in [0.2, 0.25) is 0 Å². The zero-order valence-electron chi connectivity index (χ0n) is 14.5. The van der Waals surface area contributed by atoms with Gasteiger partial charge in [-0.15, -0.1) is 0 Å². The number of nitrogens with one attached hydrogen (secondary N) is 1. The number of hydrogen-bond donors (Lipinski definition) is 1. The number of nitrogens with zero attached hydrogens (tertiary/aromatic N) is 2. The van der Waals surface area contributed by atoms with E-state index in [1.54, 1.807) is 0 Å². The Morgan fingerprint density at radius 1 is 0.958 bits per heavy atom. The lowest BCUT2D eigenvalue weighted by Crippen LogP contribution is -2.43. The fourth-order valence-electron chi connectivity index (χ4n) is 3.88. The van der Waals surface area contributed by atoms with E-state index >= 15 is 0 Å². The molecule has 3 nitrogen and oxygen atoms in total. The topological polar surface area (TPSA) is 18.5 Å². The van der Waals surface area contributed by atoms with Crippen LogP contribution in [0.2, 0.25) is 0 Å². The Kier molecular flexibility index (Phi) is 4.65. The summed E-state index contributed by atoms with van der Waals surface area (Å²) in [7, 11) is 2.21. The van der Waals surface area contributed by atoms with Gasteiger partial charge < -0.3 is 10.2 Å². The van der Waals surface area contributed by atoms with Crippen LogP contribution in [0.3, 0.4) is 0 Å². The standard InChI is InChI=1S/C21H27N3/c1-23-12-14-24(15-13-23)16-17-6-8-19(9-7-17)21-20-5-3-2-4-18(20)10-11-22-21/h2-9,21-22H,10-16H2,1H3. The van der Waals surface area contributed by atoms with Gasteiger partial charge in [-0.05, 0) is 35.7 Å². The van der Waals surface area contributed by atoms with Gasteiger partial charge in [-0.1, -0.05) is 48.5 Å². The summed E-state index contributed by atoms with van der Waals surface area (Å²) >= 11 is 0. The minimum Gasteiger partial charge on any atom is -0.306 e. The van der Waals surface area contributed by atoms with Crippen molar-refractivity contribution in [3.05, 3.63) is 70.8 Å². The van der Waals surface area contributed by atoms with Crippen molar-refractivity contribution in [2.24, 2.45) is 0 Å². The molecule has 2 heterocycles. The monoisotopic (exact) mass is 321 g/mol. The van der Waals surface area contributed by atoms with Crippen molar-refractivity contribution in [1.29, 1.82) is 0 Å². The first kappa shape index (κ1) is 15.8. The molecule has 0 spiro atoms. The third-order valence-electron chi connectivity index (χ3n) is 5.42. The van der Waals surface area contributed by atoms with Gasteiger partial charge in [-0.25, -0.2) is 0 Å². The van der Waals surface area contributed by atoms with E-state index < -0.39 is 0 Å². The molecule has 3 heteroatoms. The lowest BCUT2D eigenvalue weighted by atomic mass is 9.89. The second-order valence-corrected chi connectivity index (χ2v) is 7.16. The molecular formula is C21H27N3. The molecule has 2 aliphatic heterocycles. The van der Waals surface area contributed by atoms with Crippen LogP contribution >= 0.6 is 0 Å². The van der Waals surface area contributed by atoms with Crippen LogP contribution in [0.25, 0.3) is 0 Å². The van der Waals surface area contributed by atoms with Gasteiger partial charge in [0, 0.05) is 39.3 Å². The molecule has 24 heavy (non-hydrogen) atoms. The van der Waals surface area contributed by atoms with Gasteiger partial charge in [-0.3, -0.25) is 4.90 Å². The highest BCUT2D eigenvalue weighted by atomic mass is 15.2. The van der Waals surface area contributed by atoms with Crippen LogP contribution in [-0.2, 0) is 13.0 Å². The zero-order valence-corrected chi connectivity index (χ0v) is 14.5. The van der Waals surface area contributed by atoms with Crippen LogP contribution in [0.15, 0.2) is 48.5 Å². The van der Waals surface area contributed by atoms with Gasteiger partial charge in [0.25, 0.3) is 0 Å². The van der Waals surface area contributed by atoms with Gasteiger partial charge in [0.15, 0.2) is 0 Å². The van der Waals surface area contributed by atoms with E-state index in [4.69, 9.17) is 0 Å². The van der Waals surface area contributed by atoms with E-state index in [9.17, 15) is 0 Å². The minimum absolute atomic E-state index is 0.340. The number of fused-ring (bicyclic) bond motifs is 1. The first-order valence-electron chi connectivity index (χ1n) is 9.10. The molecule has 2 aliphatic rings. The number of piperazine rings is 1. The maximum absolute atomic E-state index is 3.68. The van der Waals surface area contributed by atoms with Crippen molar-refractivity contribution in [2.45, 2.75) is 19.0 Å². The fourth-order valence-corrected chi connectivity index (χ4v) is 3.88. The van der Waals surface area contributed by atoms with Crippen LogP contribution in [-0.4, -0.2) is 49.6 Å². The van der Waals surface area contributed by atoms with Gasteiger partial charge in [0.05, 0.1) is 6.04 Å². The van der Waals surface area contributed by atoms with Gasteiger partial charge >= 0.3 is 0 Å². The molecule has 1 N–H and O–H groups in total. The van der Waals surface area contributed by atoms with Crippen LogP contribution in [0.4, 0.5) is 0 Å². The van der Waals surface area contributed by atoms with E-state index in [1.807, 2.05) is 0 Å². The molecule has 4 rings (SSSR count). The van der Waals surface area contributed by atoms with Crippen molar-refractivity contribution in [1.82, 2.24) is 15.1 Å². The number of rotatable bonds is 3. The normalized spacial score (nSPS) is 22.3. The molecule has 1 fully saturated rings. The second kappa shape index (κ2) is 7.06. The molecular weight excluding hydrogens is 294 g/mol. The summed E-state index contributed by atoms with van der Waals surface area (Å²) in [4.78, 5) is 4.97. The Labute approximate surface area is 145 Å². The first-order valence-corrected chi connectivity index (χ1v) is 9.10. The lowest BCUT2D eigenvalue weighted by molar-refractivity contribution is 0.148. The van der Waals surface area contributed by atoms with E-state index in [2.05, 4.69) is 70.7 Å². The van der Waals surface area contributed by atoms with Crippen molar-refractivity contribution in [3.63, 3.8) is 0 Å². The van der Waals surface area contributed by atoms with Crippen molar-refractivity contribution < 1.29 is 0 Å². The molecule has 1 saturated heterocycles. The highest BCUT2D eigenvalue weighted by Gasteiger charge is 2.20. The third-order valence-corrected chi connectivity index (χ3v) is 5.42. The summed E-state index contributed by atoms with van der Waals surface area (Å²) in [5.41, 5.74) is 5.73. The van der Waals surface area contributed by atoms with Crippen molar-refractivity contribution in [3.8, 4) is 0 Å². The summed E-state index contributed by atoms with van der Waals surface area (Å²) in [6, 6.07) is 18.4. The molecule has 0 amide bonds. The Morgan fingerprint density at radius 3 is 2.50 bits per heavy atom. The predicted octanol–water partition coefficient (Wildman–Crippen LogP) is 2.67. The van der Waals surface area contributed by atoms with Gasteiger partial charge in [-0.2, -0.15) is 0 Å². The van der Waals surface area contributed by atoms with Crippen molar-refractivity contribution >= 4 is 0 Å². The molecule has 2 aromatic rings. The molecule has 0 radical (unpaired) electrons. The zero-order chi connectivity index (χ0) is 16.4. The summed E-state index contributed by atoms with van der Waals surface area (Å²) in [6.07, 6.45) is 1.13. The largest absolute Gasteiger partial charge is 0.306 e. The van der Waals surface area contributed by atoms with Gasteiger partial charge in [0.1, 0.15) is 0 Å². The van der Waals surface area contributed by atoms with Crippen molar-refractivity contribution in [2.75, 3.05) is 39.8 Å². The summed E-state index contributed by atoms with van der Waals surface area (Å²) in [5.74, 6) is 0. The maximum atomic E-state index is 3.68. The van der Waals surface area contributed by atoms with E-state index in [0.717, 1.165) is 19.5 Å². The predicted molar refractivity (Wildman–Crippen MR) is 99.2 cm³/mol. The Morgan fingerprint density at radius 2 is 1.71 bits per heavy atom. The van der Waals surface area contributed by atoms with E-state index in [0.29, 0.717) is 6.04 Å². The SMILES string of the molecule is CN1CCN(Cc2ccc(C3NCCc4ccccc43)cc2)CC1. The molecule has 1 atom stereocenters. The highest BCUT2D eigenvalue weighted by Crippen LogP contribution is 2.28. The summed E-state index contributed by atoms with van der Waals surface area (Å²) < 4.78 is 0.